The first-order chi connectivity index (χ1) is 8.98. The summed E-state index contributed by atoms with van der Waals surface area (Å²) in [4.78, 5) is 10.2. The highest BCUT2D eigenvalue weighted by Crippen LogP contribution is 2.20. The van der Waals surface area contributed by atoms with Gasteiger partial charge < -0.3 is 0 Å². The molecule has 8 nitrogen and oxygen atoms in total. The van der Waals surface area contributed by atoms with Crippen LogP contribution in [0.5, 0.6) is 0 Å². The van der Waals surface area contributed by atoms with Crippen molar-refractivity contribution < 1.29 is 13.3 Å². The van der Waals surface area contributed by atoms with E-state index in [1.807, 2.05) is 0 Å². The molecule has 0 unspecified atom stereocenters. The van der Waals surface area contributed by atoms with Crippen LogP contribution in [0.2, 0.25) is 0 Å². The van der Waals surface area contributed by atoms with Crippen molar-refractivity contribution in [3.63, 3.8) is 0 Å². The van der Waals surface area contributed by atoms with Crippen molar-refractivity contribution in [3.8, 4) is 0 Å². The standard InChI is InChI=1S/C10H10N4O4S/c15-14(16)10-4-2-1-3-8(10)7-19(17,18)13-9-5-11-12-6-9/h1-6,13H,7H2,(H,11,12). The van der Waals surface area contributed by atoms with Gasteiger partial charge in [-0.1, -0.05) is 18.2 Å². The molecule has 0 fully saturated rings. The van der Waals surface area contributed by atoms with Crippen molar-refractivity contribution in [1.82, 2.24) is 10.2 Å². The Morgan fingerprint density at radius 3 is 2.74 bits per heavy atom. The topological polar surface area (TPSA) is 118 Å². The molecule has 0 amide bonds. The van der Waals surface area contributed by atoms with Gasteiger partial charge in [-0.05, 0) is 0 Å². The van der Waals surface area contributed by atoms with Gasteiger partial charge >= 0.3 is 0 Å². The lowest BCUT2D eigenvalue weighted by atomic mass is 10.2. The number of anilines is 1. The van der Waals surface area contributed by atoms with Crippen molar-refractivity contribution in [2.75, 3.05) is 4.72 Å². The Balaban J connectivity index is 2.23. The summed E-state index contributed by atoms with van der Waals surface area (Å²) in [5.41, 5.74) is 0.183. The van der Waals surface area contributed by atoms with E-state index in [4.69, 9.17) is 0 Å². The molecule has 0 aliphatic carbocycles. The van der Waals surface area contributed by atoms with Gasteiger partial charge in [-0.2, -0.15) is 5.10 Å². The average molecular weight is 282 g/mol. The molecule has 19 heavy (non-hydrogen) atoms. The number of hydrogen-bond acceptors (Lipinski definition) is 5. The van der Waals surface area contributed by atoms with E-state index in [1.165, 1.54) is 30.6 Å². The second-order valence-corrected chi connectivity index (χ2v) is 5.46. The first kappa shape index (κ1) is 13.0. The van der Waals surface area contributed by atoms with Gasteiger partial charge in [-0.15, -0.1) is 0 Å². The van der Waals surface area contributed by atoms with E-state index in [0.29, 0.717) is 0 Å². The van der Waals surface area contributed by atoms with Crippen molar-refractivity contribution in [3.05, 3.63) is 52.3 Å². The zero-order valence-corrected chi connectivity index (χ0v) is 10.4. The number of nitro groups is 1. The van der Waals surface area contributed by atoms with Gasteiger partial charge in [0.25, 0.3) is 5.69 Å². The maximum atomic E-state index is 11.9. The highest BCUT2D eigenvalue weighted by molar-refractivity contribution is 7.91. The molecule has 9 heteroatoms. The summed E-state index contributed by atoms with van der Waals surface area (Å²) in [6.45, 7) is 0. The van der Waals surface area contributed by atoms with Crippen molar-refractivity contribution in [1.29, 1.82) is 0 Å². The number of aromatic nitrogens is 2. The van der Waals surface area contributed by atoms with Crippen LogP contribution < -0.4 is 4.72 Å². The molecule has 0 atom stereocenters. The molecular formula is C10H10N4O4S. The van der Waals surface area contributed by atoms with Crippen LogP contribution >= 0.6 is 0 Å². The number of para-hydroxylation sites is 1. The summed E-state index contributed by atoms with van der Waals surface area (Å²) in [6, 6.07) is 5.71. The molecule has 0 spiro atoms. The maximum Gasteiger partial charge on any atom is 0.273 e. The smallest absolute Gasteiger partial charge is 0.273 e. The Kier molecular flexibility index (Phi) is 3.47. The van der Waals surface area contributed by atoms with Crippen molar-refractivity contribution in [2.24, 2.45) is 0 Å². The van der Waals surface area contributed by atoms with Crippen LogP contribution in [0.3, 0.4) is 0 Å². The van der Waals surface area contributed by atoms with Crippen LogP contribution in [0, 0.1) is 10.1 Å². The number of nitrogens with zero attached hydrogens (tertiary/aromatic N) is 2. The monoisotopic (exact) mass is 282 g/mol. The number of H-pyrrole nitrogens is 1. The zero-order chi connectivity index (χ0) is 13.9. The first-order valence-corrected chi connectivity index (χ1v) is 6.85. The minimum Gasteiger partial charge on any atom is -0.284 e. The Labute approximate surface area is 108 Å². The van der Waals surface area contributed by atoms with E-state index in [9.17, 15) is 18.5 Å². The van der Waals surface area contributed by atoms with Gasteiger partial charge in [-0.3, -0.25) is 19.9 Å². The number of nitrogens with one attached hydrogen (secondary N) is 2. The molecule has 2 aromatic rings. The fraction of sp³-hybridized carbons (Fsp3) is 0.100. The van der Waals surface area contributed by atoms with Gasteiger partial charge in [0, 0.05) is 17.8 Å². The molecule has 1 aromatic heterocycles. The lowest BCUT2D eigenvalue weighted by Crippen LogP contribution is -2.15. The highest BCUT2D eigenvalue weighted by Gasteiger charge is 2.19. The van der Waals surface area contributed by atoms with E-state index in [-0.39, 0.29) is 16.9 Å². The summed E-state index contributed by atoms with van der Waals surface area (Å²) in [7, 11) is -3.73. The maximum absolute atomic E-state index is 11.9. The molecule has 2 rings (SSSR count). The van der Waals surface area contributed by atoms with E-state index in [2.05, 4.69) is 14.9 Å². The van der Waals surface area contributed by atoms with Crippen LogP contribution in [0.25, 0.3) is 0 Å². The summed E-state index contributed by atoms with van der Waals surface area (Å²) >= 11 is 0. The van der Waals surface area contributed by atoms with Crippen LogP contribution in [0.1, 0.15) is 5.56 Å². The fourth-order valence-corrected chi connectivity index (χ4v) is 2.73. The van der Waals surface area contributed by atoms with E-state index in [0.717, 1.165) is 0 Å². The number of benzene rings is 1. The number of aromatic amines is 1. The zero-order valence-electron chi connectivity index (χ0n) is 9.61. The van der Waals surface area contributed by atoms with Gasteiger partial charge in [0.05, 0.1) is 16.8 Å². The minimum absolute atomic E-state index is 0.128. The molecule has 100 valence electrons. The third kappa shape index (κ3) is 3.28. The van der Waals surface area contributed by atoms with Crippen LogP contribution in [0.4, 0.5) is 11.4 Å². The van der Waals surface area contributed by atoms with Gasteiger partial charge in [0.2, 0.25) is 10.0 Å². The summed E-state index contributed by atoms with van der Waals surface area (Å²) in [6.07, 6.45) is 2.67. The summed E-state index contributed by atoms with van der Waals surface area (Å²) in [5, 5.41) is 16.9. The normalized spacial score (nSPS) is 11.2. The molecule has 0 saturated heterocycles. The molecule has 1 heterocycles. The summed E-state index contributed by atoms with van der Waals surface area (Å²) < 4.78 is 26.0. The molecule has 0 saturated carbocycles. The quantitative estimate of drug-likeness (QED) is 0.632. The first-order valence-electron chi connectivity index (χ1n) is 5.19. The summed E-state index contributed by atoms with van der Waals surface area (Å²) in [5.74, 6) is -0.477. The van der Waals surface area contributed by atoms with Gasteiger partial charge in [0.15, 0.2) is 0 Å². The van der Waals surface area contributed by atoms with E-state index in [1.54, 1.807) is 6.07 Å². The SMILES string of the molecule is O=[N+]([O-])c1ccccc1CS(=O)(=O)Nc1cn[nH]c1. The number of nitro benzene ring substituents is 1. The third-order valence-corrected chi connectivity index (χ3v) is 3.54. The number of hydrogen-bond donors (Lipinski definition) is 2. The molecule has 0 aliphatic heterocycles. The Morgan fingerprint density at radius 1 is 1.37 bits per heavy atom. The van der Waals surface area contributed by atoms with Gasteiger partial charge in [-0.25, -0.2) is 8.42 Å². The number of rotatable bonds is 5. The largest absolute Gasteiger partial charge is 0.284 e. The second-order valence-electron chi connectivity index (χ2n) is 3.73. The van der Waals surface area contributed by atoms with Crippen LogP contribution in [-0.2, 0) is 15.8 Å². The molecular weight excluding hydrogens is 272 g/mol. The highest BCUT2D eigenvalue weighted by atomic mass is 32.2. The Bertz CT molecular complexity index is 681. The van der Waals surface area contributed by atoms with E-state index >= 15 is 0 Å². The lowest BCUT2D eigenvalue weighted by Gasteiger charge is -2.06. The average Bonchev–Trinajstić information content (AvgIpc) is 2.80. The third-order valence-electron chi connectivity index (χ3n) is 2.31. The molecule has 1 aromatic carbocycles. The Morgan fingerprint density at radius 2 is 2.11 bits per heavy atom. The van der Waals surface area contributed by atoms with Crippen LogP contribution in [-0.4, -0.2) is 23.5 Å². The fourth-order valence-electron chi connectivity index (χ4n) is 1.54. The molecule has 2 N–H and O–H groups in total. The van der Waals surface area contributed by atoms with Crippen molar-refractivity contribution in [2.45, 2.75) is 5.75 Å². The molecule has 0 aliphatic rings. The number of sulfonamides is 1. The lowest BCUT2D eigenvalue weighted by molar-refractivity contribution is -0.385. The molecule has 0 bridgehead atoms. The van der Waals surface area contributed by atoms with E-state index < -0.39 is 20.7 Å². The molecule has 0 radical (unpaired) electrons. The van der Waals surface area contributed by atoms with Crippen molar-refractivity contribution >= 4 is 21.4 Å². The van der Waals surface area contributed by atoms with Gasteiger partial charge in [0.1, 0.15) is 5.75 Å². The predicted octanol–water partition coefficient (Wildman–Crippen LogP) is 1.26. The second kappa shape index (κ2) is 5.06. The predicted molar refractivity (Wildman–Crippen MR) is 67.9 cm³/mol. The Hall–Kier alpha value is -2.42. The minimum atomic E-state index is -3.73. The van der Waals surface area contributed by atoms with Crippen LogP contribution in [0.15, 0.2) is 36.7 Å².